The van der Waals surface area contributed by atoms with E-state index in [9.17, 15) is 9.18 Å². The quantitative estimate of drug-likeness (QED) is 0.701. The van der Waals surface area contributed by atoms with E-state index in [-0.39, 0.29) is 23.8 Å². The molecule has 0 bridgehead atoms. The Morgan fingerprint density at radius 2 is 2.19 bits per heavy atom. The molecule has 0 spiro atoms. The smallest absolute Gasteiger partial charge is 0.180 e. The lowest BCUT2D eigenvalue weighted by Gasteiger charge is -2.17. The SMILES string of the molecule is Nc1nc(-c2nccc3c2N=C(COc2ccc(F)c(Cl)c2)CC3=O)cs1. The van der Waals surface area contributed by atoms with E-state index in [0.29, 0.717) is 39.2 Å². The predicted octanol–water partition coefficient (Wildman–Crippen LogP) is 4.32. The summed E-state index contributed by atoms with van der Waals surface area (Å²) in [4.78, 5) is 25.6. The first-order valence-electron chi connectivity index (χ1n) is 7.89. The van der Waals surface area contributed by atoms with Crippen LogP contribution < -0.4 is 10.5 Å². The van der Waals surface area contributed by atoms with Crippen molar-refractivity contribution >= 4 is 45.3 Å². The average molecular weight is 403 g/mol. The number of aliphatic imine (C=N–C) groups is 1. The molecular formula is C18H12ClFN4O2S. The Balaban J connectivity index is 1.64. The minimum absolute atomic E-state index is 0.0351. The molecule has 0 unspecified atom stereocenters. The van der Waals surface area contributed by atoms with Gasteiger partial charge in [0.05, 0.1) is 17.2 Å². The number of nitrogens with zero attached hydrogens (tertiary/aromatic N) is 3. The van der Waals surface area contributed by atoms with Crippen molar-refractivity contribution in [3.63, 3.8) is 0 Å². The van der Waals surface area contributed by atoms with Crippen molar-refractivity contribution in [3.05, 3.63) is 52.2 Å². The fourth-order valence-corrected chi connectivity index (χ4v) is 3.39. The molecule has 0 aliphatic carbocycles. The van der Waals surface area contributed by atoms with Crippen molar-refractivity contribution in [3.8, 4) is 17.1 Å². The van der Waals surface area contributed by atoms with Gasteiger partial charge in [-0.05, 0) is 18.2 Å². The van der Waals surface area contributed by atoms with E-state index in [1.54, 1.807) is 17.6 Å². The third kappa shape index (κ3) is 3.54. The number of halogens is 2. The monoisotopic (exact) mass is 402 g/mol. The molecule has 2 aromatic heterocycles. The molecule has 3 aromatic rings. The van der Waals surface area contributed by atoms with Crippen LogP contribution >= 0.6 is 22.9 Å². The molecular weight excluding hydrogens is 391 g/mol. The zero-order valence-corrected chi connectivity index (χ0v) is 15.4. The second-order valence-electron chi connectivity index (χ2n) is 5.77. The molecule has 0 saturated heterocycles. The van der Waals surface area contributed by atoms with Gasteiger partial charge in [0.15, 0.2) is 10.9 Å². The average Bonchev–Trinajstić information content (AvgIpc) is 3.08. The first-order chi connectivity index (χ1) is 13.0. The van der Waals surface area contributed by atoms with Crippen LogP contribution in [0.2, 0.25) is 5.02 Å². The van der Waals surface area contributed by atoms with Gasteiger partial charge in [-0.3, -0.25) is 14.8 Å². The molecule has 1 aromatic carbocycles. The fourth-order valence-electron chi connectivity index (χ4n) is 2.67. The zero-order valence-electron chi connectivity index (χ0n) is 13.8. The Hall–Kier alpha value is -2.84. The first kappa shape index (κ1) is 17.6. The lowest BCUT2D eigenvalue weighted by Crippen LogP contribution is -2.20. The highest BCUT2D eigenvalue weighted by Crippen LogP contribution is 2.36. The Kier molecular flexibility index (Phi) is 4.59. The molecule has 1 aliphatic rings. The zero-order chi connectivity index (χ0) is 19.0. The Morgan fingerprint density at radius 3 is 2.93 bits per heavy atom. The number of Topliss-reactive ketones (excluding diaryl/α,β-unsaturated/α-hetero) is 1. The number of anilines is 1. The van der Waals surface area contributed by atoms with E-state index in [4.69, 9.17) is 22.1 Å². The number of nitrogens with two attached hydrogens (primary N) is 1. The van der Waals surface area contributed by atoms with E-state index in [1.807, 2.05) is 0 Å². The molecule has 0 atom stereocenters. The standard InChI is InChI=1S/C18H12ClFN4O2S/c19-12-6-10(1-2-13(12)20)26-7-9-5-15(25)11-3-4-22-17(16(11)23-9)14-8-27-18(21)24-14/h1-4,6,8H,5,7H2,(H2,21,24). The minimum Gasteiger partial charge on any atom is -0.488 e. The number of benzene rings is 1. The molecule has 4 rings (SSSR count). The lowest BCUT2D eigenvalue weighted by molar-refractivity contribution is 0.0998. The highest BCUT2D eigenvalue weighted by atomic mass is 35.5. The number of carbonyl (C=O) groups excluding carboxylic acids is 1. The molecule has 27 heavy (non-hydrogen) atoms. The van der Waals surface area contributed by atoms with Gasteiger partial charge in [-0.15, -0.1) is 11.3 Å². The number of rotatable bonds is 4. The van der Waals surface area contributed by atoms with E-state index < -0.39 is 5.82 Å². The highest BCUT2D eigenvalue weighted by molar-refractivity contribution is 7.13. The largest absolute Gasteiger partial charge is 0.488 e. The van der Waals surface area contributed by atoms with Crippen LogP contribution in [-0.4, -0.2) is 28.1 Å². The van der Waals surface area contributed by atoms with Crippen LogP contribution in [0.1, 0.15) is 16.8 Å². The number of carbonyl (C=O) groups is 1. The molecule has 0 radical (unpaired) electrons. The summed E-state index contributed by atoms with van der Waals surface area (Å²) in [5.74, 6) is -0.218. The van der Waals surface area contributed by atoms with Crippen LogP contribution in [0.4, 0.5) is 15.2 Å². The topological polar surface area (TPSA) is 90.5 Å². The minimum atomic E-state index is -0.526. The van der Waals surface area contributed by atoms with Gasteiger partial charge < -0.3 is 10.5 Å². The molecule has 0 fully saturated rings. The highest BCUT2D eigenvalue weighted by Gasteiger charge is 2.24. The van der Waals surface area contributed by atoms with Crippen molar-refractivity contribution in [1.82, 2.24) is 9.97 Å². The van der Waals surface area contributed by atoms with Crippen molar-refractivity contribution in [2.75, 3.05) is 12.3 Å². The number of fused-ring (bicyclic) bond motifs is 1. The summed E-state index contributed by atoms with van der Waals surface area (Å²) in [6.07, 6.45) is 1.68. The summed E-state index contributed by atoms with van der Waals surface area (Å²) >= 11 is 7.04. The van der Waals surface area contributed by atoms with E-state index >= 15 is 0 Å². The maximum Gasteiger partial charge on any atom is 0.180 e. The van der Waals surface area contributed by atoms with Gasteiger partial charge in [-0.1, -0.05) is 11.6 Å². The van der Waals surface area contributed by atoms with Gasteiger partial charge in [0.1, 0.15) is 35.2 Å². The number of nitrogen functional groups attached to an aromatic ring is 1. The predicted molar refractivity (Wildman–Crippen MR) is 103 cm³/mol. The molecule has 3 heterocycles. The van der Waals surface area contributed by atoms with Crippen LogP contribution in [0.5, 0.6) is 5.75 Å². The Morgan fingerprint density at radius 1 is 1.33 bits per heavy atom. The fraction of sp³-hybridized carbons (Fsp3) is 0.111. The summed E-state index contributed by atoms with van der Waals surface area (Å²) in [5, 5.41) is 2.14. The van der Waals surface area contributed by atoms with Gasteiger partial charge in [0, 0.05) is 23.2 Å². The number of thiazole rings is 1. The summed E-state index contributed by atoms with van der Waals surface area (Å²) in [5.41, 5.74) is 8.24. The van der Waals surface area contributed by atoms with Gasteiger partial charge in [-0.25, -0.2) is 9.37 Å². The molecule has 136 valence electrons. The maximum atomic E-state index is 13.2. The van der Waals surface area contributed by atoms with E-state index in [2.05, 4.69) is 15.0 Å². The van der Waals surface area contributed by atoms with E-state index in [0.717, 1.165) is 0 Å². The first-order valence-corrected chi connectivity index (χ1v) is 9.15. The summed E-state index contributed by atoms with van der Waals surface area (Å²) in [6, 6.07) is 5.69. The van der Waals surface area contributed by atoms with Crippen molar-refractivity contribution in [2.45, 2.75) is 6.42 Å². The van der Waals surface area contributed by atoms with Gasteiger partial charge in [-0.2, -0.15) is 0 Å². The normalized spacial score (nSPS) is 13.3. The van der Waals surface area contributed by atoms with E-state index in [1.165, 1.54) is 29.5 Å². The second-order valence-corrected chi connectivity index (χ2v) is 7.07. The van der Waals surface area contributed by atoms with Crippen LogP contribution in [0.3, 0.4) is 0 Å². The number of aromatic nitrogens is 2. The van der Waals surface area contributed by atoms with Crippen LogP contribution in [0, 0.1) is 5.82 Å². The number of ether oxygens (including phenoxy) is 1. The third-order valence-electron chi connectivity index (χ3n) is 3.92. The molecule has 0 saturated carbocycles. The van der Waals surface area contributed by atoms with Crippen LogP contribution in [0.15, 0.2) is 40.8 Å². The third-order valence-corrected chi connectivity index (χ3v) is 4.88. The maximum absolute atomic E-state index is 13.2. The molecule has 9 heteroatoms. The Labute approximate surface area is 162 Å². The second kappa shape index (κ2) is 7.05. The summed E-state index contributed by atoms with van der Waals surface area (Å²) < 4.78 is 18.8. The lowest BCUT2D eigenvalue weighted by atomic mass is 9.99. The Bertz CT molecular complexity index is 1080. The molecule has 2 N–H and O–H groups in total. The van der Waals surface area contributed by atoms with Crippen molar-refractivity contribution < 1.29 is 13.9 Å². The molecule has 0 amide bonds. The van der Waals surface area contributed by atoms with Crippen LogP contribution in [0.25, 0.3) is 11.4 Å². The number of pyridine rings is 1. The van der Waals surface area contributed by atoms with Gasteiger partial charge in [0.2, 0.25) is 0 Å². The van der Waals surface area contributed by atoms with Crippen molar-refractivity contribution in [2.24, 2.45) is 4.99 Å². The summed E-state index contributed by atoms with van der Waals surface area (Å²) in [6.45, 7) is 0.0701. The van der Waals surface area contributed by atoms with Crippen molar-refractivity contribution in [1.29, 1.82) is 0 Å². The number of ketones is 1. The number of hydrogen-bond donors (Lipinski definition) is 1. The van der Waals surface area contributed by atoms with Gasteiger partial charge >= 0.3 is 0 Å². The molecule has 6 nitrogen and oxygen atoms in total. The van der Waals surface area contributed by atoms with Gasteiger partial charge in [0.25, 0.3) is 0 Å². The summed E-state index contributed by atoms with van der Waals surface area (Å²) in [7, 11) is 0. The molecule has 1 aliphatic heterocycles. The van der Waals surface area contributed by atoms with Crippen LogP contribution in [-0.2, 0) is 0 Å². The number of hydrogen-bond acceptors (Lipinski definition) is 7.